The van der Waals surface area contributed by atoms with Gasteiger partial charge in [-0.15, -0.1) is 10.2 Å². The van der Waals surface area contributed by atoms with Crippen molar-refractivity contribution in [2.75, 3.05) is 12.3 Å². The Morgan fingerprint density at radius 1 is 1.22 bits per heavy atom. The quantitative estimate of drug-likeness (QED) is 0.921. The molecule has 0 radical (unpaired) electrons. The number of aromatic nitrogens is 2. The van der Waals surface area contributed by atoms with Crippen molar-refractivity contribution >= 4 is 17.4 Å². The Bertz CT molecular complexity index is 528. The third-order valence-corrected chi connectivity index (χ3v) is 2.71. The van der Waals surface area contributed by atoms with Crippen molar-refractivity contribution in [3.05, 3.63) is 46.6 Å². The fourth-order valence-corrected chi connectivity index (χ4v) is 1.65. The molecule has 0 bridgehead atoms. The van der Waals surface area contributed by atoms with E-state index in [1.807, 2.05) is 0 Å². The van der Waals surface area contributed by atoms with Crippen molar-refractivity contribution in [3.8, 4) is 5.75 Å². The third-order valence-electron chi connectivity index (χ3n) is 2.52. The van der Waals surface area contributed by atoms with Crippen molar-refractivity contribution in [3.63, 3.8) is 0 Å². The molecule has 0 atom stereocenters. The van der Waals surface area contributed by atoms with Gasteiger partial charge in [-0.2, -0.15) is 0 Å². The number of nitrogen functional groups attached to an aromatic ring is 1. The molecule has 2 rings (SSSR count). The first-order chi connectivity index (χ1) is 8.65. The lowest BCUT2D eigenvalue weighted by Crippen LogP contribution is -2.05. The molecule has 18 heavy (non-hydrogen) atoms. The maximum Gasteiger partial charge on any atom is 0.188 e. The number of ether oxygens (including phenoxy) is 1. The zero-order chi connectivity index (χ0) is 13.0. The molecular weight excluding hydrogens is 250 g/mol. The zero-order valence-electron chi connectivity index (χ0n) is 10.1. The summed E-state index contributed by atoms with van der Waals surface area (Å²) < 4.78 is 5.54. The summed E-state index contributed by atoms with van der Waals surface area (Å²) in [6.07, 6.45) is 0.805. The second kappa shape index (κ2) is 5.69. The van der Waals surface area contributed by atoms with E-state index in [1.54, 1.807) is 6.07 Å². The standard InChI is InChI=1S/C13H14ClN3O/c1-9-2-4-10(5-3-9)6-7-18-11-8-12(14)16-17-13(11)15/h2-5,8H,6-7H2,1H3,(H2,15,17). The number of hydrogen-bond donors (Lipinski definition) is 1. The SMILES string of the molecule is Cc1ccc(CCOc2cc(Cl)nnc2N)cc1. The van der Waals surface area contributed by atoms with Crippen LogP contribution in [-0.4, -0.2) is 16.8 Å². The lowest BCUT2D eigenvalue weighted by molar-refractivity contribution is 0.322. The average molecular weight is 264 g/mol. The molecule has 0 saturated heterocycles. The largest absolute Gasteiger partial charge is 0.489 e. The molecule has 0 amide bonds. The lowest BCUT2D eigenvalue weighted by Gasteiger charge is -2.08. The van der Waals surface area contributed by atoms with Gasteiger partial charge in [0, 0.05) is 12.5 Å². The topological polar surface area (TPSA) is 61.0 Å². The second-order valence-corrected chi connectivity index (χ2v) is 4.39. The molecule has 1 aromatic carbocycles. The molecule has 2 N–H and O–H groups in total. The monoisotopic (exact) mass is 263 g/mol. The summed E-state index contributed by atoms with van der Waals surface area (Å²) in [7, 11) is 0. The summed E-state index contributed by atoms with van der Waals surface area (Å²) in [6.45, 7) is 2.58. The highest BCUT2D eigenvalue weighted by Crippen LogP contribution is 2.20. The Balaban J connectivity index is 1.92. The van der Waals surface area contributed by atoms with Gasteiger partial charge in [-0.3, -0.25) is 0 Å². The number of nitrogens with two attached hydrogens (primary N) is 1. The van der Waals surface area contributed by atoms with Crippen LogP contribution in [0, 0.1) is 6.92 Å². The maximum absolute atomic E-state index is 5.72. The maximum atomic E-state index is 5.72. The minimum Gasteiger partial charge on any atom is -0.489 e. The highest BCUT2D eigenvalue weighted by atomic mass is 35.5. The van der Waals surface area contributed by atoms with Crippen LogP contribution in [0.25, 0.3) is 0 Å². The molecular formula is C13H14ClN3O. The number of halogens is 1. The van der Waals surface area contributed by atoms with E-state index < -0.39 is 0 Å². The summed E-state index contributed by atoms with van der Waals surface area (Å²) >= 11 is 5.72. The van der Waals surface area contributed by atoms with Crippen LogP contribution < -0.4 is 10.5 Å². The Hall–Kier alpha value is -1.81. The first kappa shape index (κ1) is 12.6. The number of hydrogen-bond acceptors (Lipinski definition) is 4. The van der Waals surface area contributed by atoms with Crippen LogP contribution in [0.15, 0.2) is 30.3 Å². The number of rotatable bonds is 4. The molecule has 5 heteroatoms. The van der Waals surface area contributed by atoms with Crippen molar-refractivity contribution in [1.29, 1.82) is 0 Å². The van der Waals surface area contributed by atoms with Gasteiger partial charge in [-0.25, -0.2) is 0 Å². The predicted molar refractivity (Wildman–Crippen MR) is 71.8 cm³/mol. The molecule has 94 valence electrons. The minimum absolute atomic E-state index is 0.253. The average Bonchev–Trinajstić information content (AvgIpc) is 2.36. The number of nitrogens with zero attached hydrogens (tertiary/aromatic N) is 2. The van der Waals surface area contributed by atoms with Gasteiger partial charge >= 0.3 is 0 Å². The summed E-state index contributed by atoms with van der Waals surface area (Å²) in [5.74, 6) is 0.727. The molecule has 2 aromatic rings. The van der Waals surface area contributed by atoms with E-state index in [0.29, 0.717) is 12.4 Å². The Kier molecular flexibility index (Phi) is 3.99. The molecule has 4 nitrogen and oxygen atoms in total. The molecule has 0 unspecified atom stereocenters. The van der Waals surface area contributed by atoms with E-state index in [0.717, 1.165) is 6.42 Å². The van der Waals surface area contributed by atoms with Gasteiger partial charge in [0.2, 0.25) is 0 Å². The highest BCUT2D eigenvalue weighted by molar-refractivity contribution is 6.29. The van der Waals surface area contributed by atoms with Gasteiger partial charge in [0.1, 0.15) is 0 Å². The number of aryl methyl sites for hydroxylation is 1. The Morgan fingerprint density at radius 2 is 1.94 bits per heavy atom. The van der Waals surface area contributed by atoms with Crippen LogP contribution in [0.4, 0.5) is 5.82 Å². The summed E-state index contributed by atoms with van der Waals surface area (Å²) in [5, 5.41) is 7.59. The Morgan fingerprint density at radius 3 is 2.67 bits per heavy atom. The Labute approximate surface area is 111 Å². The second-order valence-electron chi connectivity index (χ2n) is 4.00. The molecule has 0 aliphatic carbocycles. The van der Waals surface area contributed by atoms with Crippen LogP contribution in [0.5, 0.6) is 5.75 Å². The van der Waals surface area contributed by atoms with Gasteiger partial charge in [0.15, 0.2) is 16.7 Å². The molecule has 1 heterocycles. The van der Waals surface area contributed by atoms with Gasteiger partial charge in [-0.05, 0) is 12.5 Å². The fraction of sp³-hybridized carbons (Fsp3) is 0.231. The van der Waals surface area contributed by atoms with Crippen molar-refractivity contribution in [2.24, 2.45) is 0 Å². The fourth-order valence-electron chi connectivity index (χ4n) is 1.51. The molecule has 0 saturated carbocycles. The van der Waals surface area contributed by atoms with Crippen LogP contribution >= 0.6 is 11.6 Å². The first-order valence-electron chi connectivity index (χ1n) is 5.62. The molecule has 0 aliphatic heterocycles. The van der Waals surface area contributed by atoms with E-state index in [9.17, 15) is 0 Å². The normalized spacial score (nSPS) is 10.3. The predicted octanol–water partition coefficient (Wildman–Crippen LogP) is 2.64. The lowest BCUT2D eigenvalue weighted by atomic mass is 10.1. The van der Waals surface area contributed by atoms with Gasteiger partial charge in [-0.1, -0.05) is 41.4 Å². The summed E-state index contributed by atoms with van der Waals surface area (Å²) in [6, 6.07) is 9.89. The molecule has 0 aliphatic rings. The highest BCUT2D eigenvalue weighted by Gasteiger charge is 2.04. The van der Waals surface area contributed by atoms with Gasteiger partial charge in [0.05, 0.1) is 6.61 Å². The summed E-state index contributed by atoms with van der Waals surface area (Å²) in [4.78, 5) is 0. The summed E-state index contributed by atoms with van der Waals surface area (Å²) in [5.41, 5.74) is 8.09. The molecule has 1 aromatic heterocycles. The molecule has 0 spiro atoms. The third kappa shape index (κ3) is 3.34. The van der Waals surface area contributed by atoms with E-state index in [-0.39, 0.29) is 11.0 Å². The smallest absolute Gasteiger partial charge is 0.188 e. The van der Waals surface area contributed by atoms with E-state index >= 15 is 0 Å². The number of benzene rings is 1. The van der Waals surface area contributed by atoms with Crippen LogP contribution in [0.1, 0.15) is 11.1 Å². The van der Waals surface area contributed by atoms with Crippen LogP contribution in [0.2, 0.25) is 5.15 Å². The number of anilines is 1. The van der Waals surface area contributed by atoms with Crippen molar-refractivity contribution < 1.29 is 4.74 Å². The molecule has 0 fully saturated rings. The zero-order valence-corrected chi connectivity index (χ0v) is 10.8. The van der Waals surface area contributed by atoms with E-state index in [4.69, 9.17) is 22.1 Å². The van der Waals surface area contributed by atoms with Crippen molar-refractivity contribution in [2.45, 2.75) is 13.3 Å². The minimum atomic E-state index is 0.253. The van der Waals surface area contributed by atoms with E-state index in [1.165, 1.54) is 11.1 Å². The van der Waals surface area contributed by atoms with Gasteiger partial charge < -0.3 is 10.5 Å². The first-order valence-corrected chi connectivity index (χ1v) is 6.00. The van der Waals surface area contributed by atoms with Crippen LogP contribution in [0.3, 0.4) is 0 Å². The van der Waals surface area contributed by atoms with E-state index in [2.05, 4.69) is 41.4 Å². The van der Waals surface area contributed by atoms with Crippen LogP contribution in [-0.2, 0) is 6.42 Å². The van der Waals surface area contributed by atoms with Gasteiger partial charge in [0.25, 0.3) is 0 Å². The van der Waals surface area contributed by atoms with Crippen molar-refractivity contribution in [1.82, 2.24) is 10.2 Å².